The molecule has 1 aliphatic carbocycles. The number of rotatable bonds is 14. The SMILES string of the molecule is CNC(=O)N1CCC(NC2CCN(C(=O)CCCCCCNC3=CC(C)CC4=C3C(=O)N(C3CCC(=O)NC3=O)C4=O)CC2)=C(C(=N)N2CCCc3cc(-c4cnn(C)c4)c(C(F)F)cc32)C1. The molecule has 19 heteroatoms. The number of amidine groups is 1. The fourth-order valence-corrected chi connectivity index (χ4v) is 10.3. The maximum absolute atomic E-state index is 14.6. The second kappa shape index (κ2) is 20.2. The first kappa shape index (κ1) is 47.1. The number of anilines is 1. The topological polar surface area (TPSA) is 205 Å². The molecule has 7 amide bonds. The Balaban J connectivity index is 0.820. The van der Waals surface area contributed by atoms with Crippen molar-refractivity contribution < 1.29 is 37.5 Å². The number of unbranched alkanes of at least 4 members (excludes halogenated alkanes) is 3. The fourth-order valence-electron chi connectivity index (χ4n) is 10.3. The molecule has 6 aliphatic rings. The lowest BCUT2D eigenvalue weighted by Crippen LogP contribution is -2.54. The Kier molecular flexibility index (Phi) is 14.2. The molecular formula is C48H61F2N11O6. The summed E-state index contributed by atoms with van der Waals surface area (Å²) in [7, 11) is 3.32. The lowest BCUT2D eigenvalue weighted by atomic mass is 9.89. The number of imide groups is 2. The number of halogens is 2. The van der Waals surface area contributed by atoms with E-state index in [4.69, 9.17) is 0 Å². The van der Waals surface area contributed by atoms with Crippen molar-refractivity contribution in [3.63, 3.8) is 0 Å². The highest BCUT2D eigenvalue weighted by molar-refractivity contribution is 6.23. The number of likely N-dealkylation sites (tertiary alicyclic amines) is 1. The average molecular weight is 926 g/mol. The smallest absolute Gasteiger partial charge is 0.317 e. The van der Waals surface area contributed by atoms with E-state index in [2.05, 4.69) is 26.4 Å². The van der Waals surface area contributed by atoms with E-state index < -0.39 is 36.1 Å². The van der Waals surface area contributed by atoms with E-state index in [9.17, 15) is 43.0 Å². The highest BCUT2D eigenvalue weighted by Gasteiger charge is 2.48. The molecule has 6 heterocycles. The maximum atomic E-state index is 14.6. The maximum Gasteiger partial charge on any atom is 0.317 e. The monoisotopic (exact) mass is 925 g/mol. The van der Waals surface area contributed by atoms with Gasteiger partial charge in [0, 0.05) is 118 Å². The van der Waals surface area contributed by atoms with Crippen LogP contribution in [0.4, 0.5) is 19.3 Å². The van der Waals surface area contributed by atoms with Crippen LogP contribution in [0.15, 0.2) is 58.7 Å². The lowest BCUT2D eigenvalue weighted by Gasteiger charge is -2.39. The van der Waals surface area contributed by atoms with Crippen molar-refractivity contribution in [2.75, 3.05) is 51.2 Å². The van der Waals surface area contributed by atoms with Crippen LogP contribution in [0.1, 0.15) is 102 Å². The molecule has 0 bridgehead atoms. The Labute approximate surface area is 388 Å². The Hall–Kier alpha value is -6.40. The minimum atomic E-state index is -2.73. The number of alkyl halides is 2. The number of aryl methyl sites for hydroxylation is 2. The summed E-state index contributed by atoms with van der Waals surface area (Å²) in [4.78, 5) is 83.7. The summed E-state index contributed by atoms with van der Waals surface area (Å²) in [6.45, 7) is 4.85. The molecule has 358 valence electrons. The van der Waals surface area contributed by atoms with Crippen LogP contribution in [0.25, 0.3) is 11.1 Å². The van der Waals surface area contributed by atoms with Gasteiger partial charge in [0.05, 0.1) is 18.3 Å². The van der Waals surface area contributed by atoms with Gasteiger partial charge in [-0.2, -0.15) is 5.10 Å². The van der Waals surface area contributed by atoms with Crippen molar-refractivity contribution in [2.24, 2.45) is 13.0 Å². The van der Waals surface area contributed by atoms with Gasteiger partial charge in [0.15, 0.2) is 0 Å². The molecule has 5 N–H and O–H groups in total. The number of hydrogen-bond acceptors (Lipinski definition) is 10. The van der Waals surface area contributed by atoms with E-state index in [1.165, 1.54) is 6.07 Å². The summed E-state index contributed by atoms with van der Waals surface area (Å²) >= 11 is 0. The number of aromatic nitrogens is 2. The van der Waals surface area contributed by atoms with E-state index >= 15 is 0 Å². The van der Waals surface area contributed by atoms with E-state index in [1.54, 1.807) is 36.1 Å². The second-order valence-corrected chi connectivity index (χ2v) is 18.5. The number of carbonyl (C=O) groups excluding carboxylic acids is 6. The van der Waals surface area contributed by atoms with Crippen molar-refractivity contribution in [3.8, 4) is 11.1 Å². The normalized spacial score (nSPS) is 21.4. The van der Waals surface area contributed by atoms with Crippen molar-refractivity contribution in [2.45, 2.75) is 109 Å². The summed E-state index contributed by atoms with van der Waals surface area (Å²) in [6, 6.07) is 2.12. The number of carbonyl (C=O) groups is 6. The van der Waals surface area contributed by atoms with Crippen LogP contribution >= 0.6 is 0 Å². The van der Waals surface area contributed by atoms with Crippen LogP contribution < -0.4 is 26.2 Å². The number of nitrogens with zero attached hydrogens (tertiary/aromatic N) is 6. The largest absolute Gasteiger partial charge is 0.385 e. The first-order valence-electron chi connectivity index (χ1n) is 23.7. The van der Waals surface area contributed by atoms with Crippen molar-refractivity contribution in [1.29, 1.82) is 5.41 Å². The first-order chi connectivity index (χ1) is 32.2. The van der Waals surface area contributed by atoms with Gasteiger partial charge in [0.2, 0.25) is 17.7 Å². The summed E-state index contributed by atoms with van der Waals surface area (Å²) in [5.74, 6) is -1.69. The van der Waals surface area contributed by atoms with Gasteiger partial charge in [0.1, 0.15) is 11.9 Å². The van der Waals surface area contributed by atoms with Crippen molar-refractivity contribution in [3.05, 3.63) is 69.8 Å². The molecule has 0 saturated carbocycles. The number of hydrogen-bond donors (Lipinski definition) is 5. The van der Waals surface area contributed by atoms with Gasteiger partial charge in [-0.3, -0.25) is 44.3 Å². The third-order valence-corrected chi connectivity index (χ3v) is 13.9. The number of piperidine rings is 2. The zero-order chi connectivity index (χ0) is 47.5. The number of fused-ring (bicyclic) bond motifs is 1. The van der Waals surface area contributed by atoms with Crippen LogP contribution in [-0.2, 0) is 37.4 Å². The molecule has 2 atom stereocenters. The van der Waals surface area contributed by atoms with Crippen LogP contribution in [0.3, 0.4) is 0 Å². The molecule has 17 nitrogen and oxygen atoms in total. The molecule has 2 saturated heterocycles. The molecule has 8 rings (SSSR count). The molecule has 2 unspecified atom stereocenters. The lowest BCUT2D eigenvalue weighted by molar-refractivity contribution is -0.150. The Morgan fingerprint density at radius 1 is 0.955 bits per heavy atom. The standard InChI is InChI=1S/C48H61F2N11O6/c1-28-21-34-42(47(66)61(46(34)65)38-11-12-40(62)56-45(38)64)37(22-28)53-16-7-5-4-6-10-41(63)58-18-13-31(14-19-58)55-36-15-20-59(48(67)52-2)27-35(36)44(51)60-17-8-9-29-23-32(30-25-54-57(3)26-30)33(43(49)50)24-39(29)60/h22-26,28,31,38,43,51,53,55H,4-21,27H2,1-3H3,(H,52,67)(H,56,62,64). The molecule has 2 aromatic rings. The molecule has 2 fully saturated rings. The number of benzene rings is 1. The van der Waals surface area contributed by atoms with E-state index in [-0.39, 0.29) is 54.7 Å². The van der Waals surface area contributed by atoms with Gasteiger partial charge >= 0.3 is 6.03 Å². The predicted molar refractivity (Wildman–Crippen MR) is 245 cm³/mol. The molecule has 5 aliphatic heterocycles. The van der Waals surface area contributed by atoms with Crippen LogP contribution in [-0.4, -0.2) is 124 Å². The van der Waals surface area contributed by atoms with E-state index in [1.807, 2.05) is 28.9 Å². The number of urea groups is 1. The summed E-state index contributed by atoms with van der Waals surface area (Å²) in [5.41, 5.74) is 5.22. The first-order valence-corrected chi connectivity index (χ1v) is 23.7. The van der Waals surface area contributed by atoms with Gasteiger partial charge in [-0.25, -0.2) is 13.6 Å². The summed E-state index contributed by atoms with van der Waals surface area (Å²) in [6.07, 6.45) is 10.1. The van der Waals surface area contributed by atoms with E-state index in [0.29, 0.717) is 110 Å². The minimum absolute atomic E-state index is 0.0219. The Morgan fingerprint density at radius 2 is 1.73 bits per heavy atom. The number of allylic oxidation sites excluding steroid dienone is 1. The Morgan fingerprint density at radius 3 is 2.45 bits per heavy atom. The molecule has 67 heavy (non-hydrogen) atoms. The summed E-state index contributed by atoms with van der Waals surface area (Å²) in [5, 5.41) is 25.7. The second-order valence-electron chi connectivity index (χ2n) is 18.5. The van der Waals surface area contributed by atoms with Gasteiger partial charge in [0.25, 0.3) is 18.2 Å². The quantitative estimate of drug-likeness (QED) is 0.0773. The highest BCUT2D eigenvalue weighted by atomic mass is 19.3. The van der Waals surface area contributed by atoms with Crippen LogP contribution in [0.5, 0.6) is 0 Å². The van der Waals surface area contributed by atoms with Crippen molar-refractivity contribution in [1.82, 2.24) is 45.7 Å². The molecule has 0 spiro atoms. The highest BCUT2D eigenvalue weighted by Crippen LogP contribution is 2.40. The van der Waals surface area contributed by atoms with Crippen molar-refractivity contribution >= 4 is 47.1 Å². The average Bonchev–Trinajstić information content (AvgIpc) is 3.86. The molecule has 1 aromatic heterocycles. The van der Waals surface area contributed by atoms with Crippen LogP contribution in [0.2, 0.25) is 0 Å². The van der Waals surface area contributed by atoms with Gasteiger partial charge in [-0.05, 0) is 80.5 Å². The minimum Gasteiger partial charge on any atom is -0.385 e. The molecule has 1 aromatic carbocycles. The summed E-state index contributed by atoms with van der Waals surface area (Å²) < 4.78 is 30.8. The zero-order valence-electron chi connectivity index (χ0n) is 38.5. The number of amides is 7. The molecule has 0 radical (unpaired) electrons. The van der Waals surface area contributed by atoms with Gasteiger partial charge in [-0.15, -0.1) is 0 Å². The van der Waals surface area contributed by atoms with Gasteiger partial charge < -0.3 is 30.7 Å². The third-order valence-electron chi connectivity index (χ3n) is 13.9. The predicted octanol–water partition coefficient (Wildman–Crippen LogP) is 4.57. The third kappa shape index (κ3) is 10.0. The molecular weight excluding hydrogens is 865 g/mol. The fraction of sp³-hybridized carbons (Fsp3) is 0.542. The number of nitrogens with one attached hydrogen (secondary N) is 5. The Bertz CT molecular complexity index is 2440. The van der Waals surface area contributed by atoms with Gasteiger partial charge in [-0.1, -0.05) is 25.8 Å². The van der Waals surface area contributed by atoms with E-state index in [0.717, 1.165) is 48.3 Å². The van der Waals surface area contributed by atoms with Crippen LogP contribution in [0, 0.1) is 11.3 Å². The zero-order valence-corrected chi connectivity index (χ0v) is 38.5.